The number of ether oxygens (including phenoxy) is 1. The fourth-order valence-electron chi connectivity index (χ4n) is 1.64. The number of hydrogen-bond acceptors (Lipinski definition) is 2. The molecule has 0 bridgehead atoms. The molecular formula is C13H15FO3. The SMILES string of the molecule is O=C(O)CCc1cccc(F)c1OCC1CC1. The predicted molar refractivity (Wildman–Crippen MR) is 60.6 cm³/mol. The van der Waals surface area contributed by atoms with Gasteiger partial charge in [0.15, 0.2) is 11.6 Å². The molecule has 92 valence electrons. The van der Waals surface area contributed by atoms with Gasteiger partial charge in [-0.2, -0.15) is 0 Å². The molecule has 0 amide bonds. The molecule has 1 saturated carbocycles. The lowest BCUT2D eigenvalue weighted by Crippen LogP contribution is -2.05. The van der Waals surface area contributed by atoms with Gasteiger partial charge in [-0.25, -0.2) is 4.39 Å². The van der Waals surface area contributed by atoms with Crippen LogP contribution in [-0.4, -0.2) is 17.7 Å². The highest BCUT2D eigenvalue weighted by molar-refractivity contribution is 5.67. The van der Waals surface area contributed by atoms with Gasteiger partial charge < -0.3 is 9.84 Å². The Kier molecular flexibility index (Phi) is 3.61. The lowest BCUT2D eigenvalue weighted by molar-refractivity contribution is -0.136. The minimum Gasteiger partial charge on any atom is -0.490 e. The van der Waals surface area contributed by atoms with Gasteiger partial charge in [0, 0.05) is 6.42 Å². The molecule has 0 aliphatic heterocycles. The van der Waals surface area contributed by atoms with Gasteiger partial charge in [0.25, 0.3) is 0 Å². The summed E-state index contributed by atoms with van der Waals surface area (Å²) in [5.74, 6) is -0.529. The van der Waals surface area contributed by atoms with Crippen molar-refractivity contribution in [1.29, 1.82) is 0 Å². The second kappa shape index (κ2) is 5.17. The summed E-state index contributed by atoms with van der Waals surface area (Å²) in [6.45, 7) is 0.529. The summed E-state index contributed by atoms with van der Waals surface area (Å²) in [4.78, 5) is 10.5. The molecule has 1 aromatic rings. The zero-order valence-electron chi connectivity index (χ0n) is 9.49. The number of benzene rings is 1. The standard InChI is InChI=1S/C13H15FO3/c14-11-3-1-2-10(6-7-12(15)16)13(11)17-8-9-4-5-9/h1-3,9H,4-8H2,(H,15,16). The molecule has 4 heteroatoms. The highest BCUT2D eigenvalue weighted by atomic mass is 19.1. The van der Waals surface area contributed by atoms with Gasteiger partial charge in [-0.3, -0.25) is 4.79 Å². The van der Waals surface area contributed by atoms with E-state index in [1.165, 1.54) is 6.07 Å². The molecular weight excluding hydrogens is 223 g/mol. The molecule has 1 fully saturated rings. The van der Waals surface area contributed by atoms with Crippen molar-refractivity contribution in [2.24, 2.45) is 5.92 Å². The molecule has 17 heavy (non-hydrogen) atoms. The van der Waals surface area contributed by atoms with Crippen molar-refractivity contribution >= 4 is 5.97 Å². The van der Waals surface area contributed by atoms with Crippen LogP contribution in [0.15, 0.2) is 18.2 Å². The van der Waals surface area contributed by atoms with Crippen LogP contribution >= 0.6 is 0 Å². The second-order valence-corrected chi connectivity index (χ2v) is 4.38. The first kappa shape index (κ1) is 11.9. The van der Waals surface area contributed by atoms with E-state index in [2.05, 4.69) is 0 Å². The number of carboxylic acid groups (broad SMARTS) is 1. The monoisotopic (exact) mass is 238 g/mol. The molecule has 0 heterocycles. The Morgan fingerprint density at radius 3 is 2.88 bits per heavy atom. The zero-order valence-corrected chi connectivity index (χ0v) is 9.49. The Morgan fingerprint density at radius 1 is 1.47 bits per heavy atom. The molecule has 1 aromatic carbocycles. The molecule has 0 aromatic heterocycles. The predicted octanol–water partition coefficient (Wildman–Crippen LogP) is 2.63. The Balaban J connectivity index is 2.05. The van der Waals surface area contributed by atoms with Crippen LogP contribution in [0.3, 0.4) is 0 Å². The summed E-state index contributed by atoms with van der Waals surface area (Å²) in [6, 6.07) is 4.64. The highest BCUT2D eigenvalue weighted by Crippen LogP contribution is 2.31. The number of carbonyl (C=O) groups is 1. The molecule has 1 aliphatic carbocycles. The Hall–Kier alpha value is -1.58. The van der Waals surface area contributed by atoms with Gasteiger partial charge in [0.1, 0.15) is 0 Å². The van der Waals surface area contributed by atoms with E-state index in [1.54, 1.807) is 12.1 Å². The molecule has 0 radical (unpaired) electrons. The van der Waals surface area contributed by atoms with Crippen LogP contribution in [0.1, 0.15) is 24.8 Å². The Bertz CT molecular complexity index is 413. The molecule has 0 atom stereocenters. The summed E-state index contributed by atoms with van der Waals surface area (Å²) in [5, 5.41) is 8.63. The molecule has 1 N–H and O–H groups in total. The first-order valence-corrected chi connectivity index (χ1v) is 5.79. The lowest BCUT2D eigenvalue weighted by Gasteiger charge is -2.11. The summed E-state index contributed by atoms with van der Waals surface area (Å²) < 4.78 is 19.0. The van der Waals surface area contributed by atoms with Gasteiger partial charge in [-0.15, -0.1) is 0 Å². The van der Waals surface area contributed by atoms with Crippen LogP contribution in [-0.2, 0) is 11.2 Å². The molecule has 0 saturated heterocycles. The van der Waals surface area contributed by atoms with Gasteiger partial charge in [-0.05, 0) is 36.8 Å². The van der Waals surface area contributed by atoms with Crippen molar-refractivity contribution in [2.45, 2.75) is 25.7 Å². The smallest absolute Gasteiger partial charge is 0.303 e. The molecule has 0 spiro atoms. The third-order valence-corrected chi connectivity index (χ3v) is 2.82. The fraction of sp³-hybridized carbons (Fsp3) is 0.462. The normalized spacial score (nSPS) is 14.6. The largest absolute Gasteiger partial charge is 0.490 e. The number of halogens is 1. The van der Waals surface area contributed by atoms with Crippen LogP contribution in [0.2, 0.25) is 0 Å². The van der Waals surface area contributed by atoms with E-state index >= 15 is 0 Å². The first-order valence-electron chi connectivity index (χ1n) is 5.79. The number of carboxylic acids is 1. The van der Waals surface area contributed by atoms with Crippen molar-refractivity contribution in [3.8, 4) is 5.75 Å². The van der Waals surface area contributed by atoms with Crippen molar-refractivity contribution in [3.05, 3.63) is 29.6 Å². The lowest BCUT2D eigenvalue weighted by atomic mass is 10.1. The average molecular weight is 238 g/mol. The van der Waals surface area contributed by atoms with E-state index in [9.17, 15) is 9.18 Å². The van der Waals surface area contributed by atoms with Gasteiger partial charge in [0.05, 0.1) is 6.61 Å². The number of aliphatic carboxylic acids is 1. The Labute approximate surface area is 99.2 Å². The summed E-state index contributed by atoms with van der Waals surface area (Å²) in [5.41, 5.74) is 0.632. The number of rotatable bonds is 6. The maximum atomic E-state index is 13.6. The van der Waals surface area contributed by atoms with E-state index in [1.807, 2.05) is 0 Å². The van der Waals surface area contributed by atoms with Gasteiger partial charge in [-0.1, -0.05) is 12.1 Å². The minimum atomic E-state index is -0.887. The third-order valence-electron chi connectivity index (χ3n) is 2.82. The molecule has 0 unspecified atom stereocenters. The summed E-state index contributed by atoms with van der Waals surface area (Å²) in [7, 11) is 0. The maximum absolute atomic E-state index is 13.6. The van der Waals surface area contributed by atoms with Crippen molar-refractivity contribution in [3.63, 3.8) is 0 Å². The molecule has 1 aliphatic rings. The topological polar surface area (TPSA) is 46.5 Å². The van der Waals surface area contributed by atoms with Crippen LogP contribution < -0.4 is 4.74 Å². The van der Waals surface area contributed by atoms with E-state index in [0.29, 0.717) is 24.5 Å². The highest BCUT2D eigenvalue weighted by Gasteiger charge is 2.23. The van der Waals surface area contributed by atoms with E-state index < -0.39 is 11.8 Å². The third kappa shape index (κ3) is 3.44. The van der Waals surface area contributed by atoms with E-state index in [0.717, 1.165) is 12.8 Å². The van der Waals surface area contributed by atoms with Crippen LogP contribution in [0.4, 0.5) is 4.39 Å². The fourth-order valence-corrected chi connectivity index (χ4v) is 1.64. The number of para-hydroxylation sites is 1. The quantitative estimate of drug-likeness (QED) is 0.828. The first-order chi connectivity index (χ1) is 8.16. The van der Waals surface area contributed by atoms with E-state index in [-0.39, 0.29) is 12.2 Å². The zero-order chi connectivity index (χ0) is 12.3. The van der Waals surface area contributed by atoms with Crippen molar-refractivity contribution in [1.82, 2.24) is 0 Å². The summed E-state index contributed by atoms with van der Waals surface area (Å²) >= 11 is 0. The van der Waals surface area contributed by atoms with Crippen molar-refractivity contribution < 1.29 is 19.0 Å². The number of hydrogen-bond donors (Lipinski definition) is 1. The maximum Gasteiger partial charge on any atom is 0.303 e. The summed E-state index contributed by atoms with van der Waals surface area (Å²) in [6.07, 6.45) is 2.56. The van der Waals surface area contributed by atoms with Gasteiger partial charge in [0.2, 0.25) is 0 Å². The number of aryl methyl sites for hydroxylation is 1. The minimum absolute atomic E-state index is 0.0107. The molecule has 3 nitrogen and oxygen atoms in total. The van der Waals surface area contributed by atoms with Crippen molar-refractivity contribution in [2.75, 3.05) is 6.61 Å². The van der Waals surface area contributed by atoms with Gasteiger partial charge >= 0.3 is 5.97 Å². The van der Waals surface area contributed by atoms with Crippen LogP contribution in [0.25, 0.3) is 0 Å². The second-order valence-electron chi connectivity index (χ2n) is 4.38. The van der Waals surface area contributed by atoms with Crippen LogP contribution in [0, 0.1) is 11.7 Å². The van der Waals surface area contributed by atoms with E-state index in [4.69, 9.17) is 9.84 Å². The average Bonchev–Trinajstić information content (AvgIpc) is 3.08. The molecule has 2 rings (SSSR count). The Morgan fingerprint density at radius 2 is 2.24 bits per heavy atom. The van der Waals surface area contributed by atoms with Crippen LogP contribution in [0.5, 0.6) is 5.75 Å².